The van der Waals surface area contributed by atoms with Crippen LogP contribution in [0.1, 0.15) is 170 Å². The van der Waals surface area contributed by atoms with E-state index in [0.717, 1.165) is 24.2 Å². The highest BCUT2D eigenvalue weighted by atomic mass is 14.1. The second-order valence-electron chi connectivity index (χ2n) is 10.6. The fraction of sp³-hybridized carbons (Fsp3) is 0.879. The lowest BCUT2D eigenvalue weighted by Crippen LogP contribution is -1.93. The summed E-state index contributed by atoms with van der Waals surface area (Å²) in [7, 11) is 0. The van der Waals surface area contributed by atoms with Crippen molar-refractivity contribution in [2.24, 2.45) is 17.8 Å². The van der Waals surface area contributed by atoms with Crippen molar-refractivity contribution in [3.8, 4) is 12.3 Å². The van der Waals surface area contributed by atoms with Gasteiger partial charge in [0.25, 0.3) is 0 Å². The van der Waals surface area contributed by atoms with Gasteiger partial charge in [-0.05, 0) is 30.6 Å². The van der Waals surface area contributed by atoms with Crippen LogP contribution in [0, 0.1) is 30.1 Å². The van der Waals surface area contributed by atoms with E-state index in [2.05, 4.69) is 61.0 Å². The van der Waals surface area contributed by atoms with Crippen LogP contribution in [0.5, 0.6) is 0 Å². The maximum Gasteiger partial charge on any atom is 0.0112 e. The smallest absolute Gasteiger partial charge is 0.0112 e. The maximum atomic E-state index is 5.21. The van der Waals surface area contributed by atoms with E-state index in [4.69, 9.17) is 6.42 Å². The summed E-state index contributed by atoms with van der Waals surface area (Å²) in [4.78, 5) is 0. The average molecular weight is 463 g/mol. The monoisotopic (exact) mass is 463 g/mol. The third-order valence-electron chi connectivity index (χ3n) is 6.47. The molecule has 0 heterocycles. The molecular weight excluding hydrogens is 396 g/mol. The Morgan fingerprint density at radius 1 is 0.576 bits per heavy atom. The van der Waals surface area contributed by atoms with Crippen LogP contribution in [0.15, 0.2) is 12.7 Å². The van der Waals surface area contributed by atoms with Crippen molar-refractivity contribution in [1.82, 2.24) is 0 Å². The zero-order valence-electron chi connectivity index (χ0n) is 24.5. The molecule has 0 rings (SSSR count). The summed E-state index contributed by atoms with van der Waals surface area (Å²) in [5.74, 6) is 5.26. The van der Waals surface area contributed by atoms with Crippen LogP contribution >= 0.6 is 0 Å². The molecule has 198 valence electrons. The second-order valence-corrected chi connectivity index (χ2v) is 10.6. The molecule has 3 unspecified atom stereocenters. The fourth-order valence-corrected chi connectivity index (χ4v) is 4.10. The average Bonchev–Trinajstić information content (AvgIpc) is 2.79. The van der Waals surface area contributed by atoms with Crippen molar-refractivity contribution >= 4 is 0 Å². The first-order valence-electron chi connectivity index (χ1n) is 15.0. The molecule has 0 aromatic heterocycles. The van der Waals surface area contributed by atoms with Gasteiger partial charge in [0.1, 0.15) is 0 Å². The number of hydrogen-bond acceptors (Lipinski definition) is 0. The molecule has 0 amide bonds. The van der Waals surface area contributed by atoms with Gasteiger partial charge in [0.15, 0.2) is 0 Å². The lowest BCUT2D eigenvalue weighted by molar-refractivity contribution is 0.455. The lowest BCUT2D eigenvalue weighted by atomic mass is 9.98. The maximum absolute atomic E-state index is 5.21. The first kappa shape index (κ1) is 36.9. The molecule has 0 aromatic carbocycles. The lowest BCUT2D eigenvalue weighted by Gasteiger charge is -2.08. The van der Waals surface area contributed by atoms with Crippen molar-refractivity contribution in [2.75, 3.05) is 0 Å². The first-order valence-corrected chi connectivity index (χ1v) is 15.0. The Hall–Kier alpha value is -0.700. The molecule has 0 aliphatic carbocycles. The predicted molar refractivity (Wildman–Crippen MR) is 157 cm³/mol. The van der Waals surface area contributed by atoms with E-state index in [-0.39, 0.29) is 0 Å². The summed E-state index contributed by atoms with van der Waals surface area (Å²) in [5, 5.41) is 0. The Labute approximate surface area is 213 Å². The normalized spacial score (nSPS) is 12.9. The van der Waals surface area contributed by atoms with Gasteiger partial charge in [0, 0.05) is 6.42 Å². The zero-order valence-corrected chi connectivity index (χ0v) is 24.5. The van der Waals surface area contributed by atoms with Crippen molar-refractivity contribution in [3.63, 3.8) is 0 Å². The van der Waals surface area contributed by atoms with Gasteiger partial charge in [-0.1, -0.05) is 157 Å². The molecule has 0 radical (unpaired) electrons. The molecule has 0 N–H and O–H groups in total. The topological polar surface area (TPSA) is 0 Å². The quantitative estimate of drug-likeness (QED) is 0.0958. The van der Waals surface area contributed by atoms with Crippen molar-refractivity contribution in [3.05, 3.63) is 12.7 Å². The molecule has 0 aromatic rings. The second kappa shape index (κ2) is 33.5. The molecule has 0 aliphatic heterocycles. The SMILES string of the molecule is C#CCC(C)CCCCCC.C=CCC(C)CCCCCC.CCCCCCC(C)CCC. The van der Waals surface area contributed by atoms with Gasteiger partial charge in [0.2, 0.25) is 0 Å². The predicted octanol–water partition coefficient (Wildman–Crippen LogP) is 12.2. The minimum atomic E-state index is 0.733. The van der Waals surface area contributed by atoms with Crippen LogP contribution in [0.2, 0.25) is 0 Å². The van der Waals surface area contributed by atoms with Crippen LogP contribution in [-0.4, -0.2) is 0 Å². The van der Waals surface area contributed by atoms with E-state index in [9.17, 15) is 0 Å². The molecular formula is C33H66. The van der Waals surface area contributed by atoms with Crippen LogP contribution in [-0.2, 0) is 0 Å². The molecule has 33 heavy (non-hydrogen) atoms. The Balaban J connectivity index is -0.000000409. The molecule has 0 saturated carbocycles. The van der Waals surface area contributed by atoms with E-state index in [1.165, 1.54) is 116 Å². The highest BCUT2D eigenvalue weighted by Crippen LogP contribution is 2.15. The third kappa shape index (κ3) is 38.8. The zero-order chi connectivity index (χ0) is 25.6. The largest absolute Gasteiger partial charge is 0.120 e. The van der Waals surface area contributed by atoms with Gasteiger partial charge >= 0.3 is 0 Å². The summed E-state index contributed by atoms with van der Waals surface area (Å²) in [6.45, 7) is 19.7. The minimum Gasteiger partial charge on any atom is -0.120 e. The Morgan fingerprint density at radius 2 is 1.00 bits per heavy atom. The molecule has 3 atom stereocenters. The molecule has 0 bridgehead atoms. The summed E-state index contributed by atoms with van der Waals surface area (Å²) in [6, 6.07) is 0. The number of rotatable bonds is 20. The van der Waals surface area contributed by atoms with Gasteiger partial charge in [-0.2, -0.15) is 0 Å². The Bertz CT molecular complexity index is 374. The van der Waals surface area contributed by atoms with E-state index >= 15 is 0 Å². The van der Waals surface area contributed by atoms with Crippen molar-refractivity contribution < 1.29 is 0 Å². The van der Waals surface area contributed by atoms with Crippen LogP contribution in [0.4, 0.5) is 0 Å². The highest BCUT2D eigenvalue weighted by Gasteiger charge is 2.00. The molecule has 0 nitrogen and oxygen atoms in total. The van der Waals surface area contributed by atoms with Crippen LogP contribution in [0.3, 0.4) is 0 Å². The number of hydrogen-bond donors (Lipinski definition) is 0. The molecule has 0 saturated heterocycles. The number of allylic oxidation sites excluding steroid dienone is 1. The molecule has 0 fully saturated rings. The summed E-state index contributed by atoms with van der Waals surface area (Å²) in [5.41, 5.74) is 0. The van der Waals surface area contributed by atoms with E-state index in [1.54, 1.807) is 0 Å². The van der Waals surface area contributed by atoms with E-state index in [1.807, 2.05) is 6.08 Å². The third-order valence-corrected chi connectivity index (χ3v) is 6.47. The Morgan fingerprint density at radius 3 is 1.36 bits per heavy atom. The molecule has 0 spiro atoms. The number of terminal acetylenes is 1. The fourth-order valence-electron chi connectivity index (χ4n) is 4.10. The summed E-state index contributed by atoms with van der Waals surface area (Å²) >= 11 is 0. The standard InChI is InChI=1S/C11H24.C11H22.C11H20/c3*1-4-6-7-8-10-11(3)9-5-2/h11H,4-10H2,1-3H3;5,11H,2,4,6-10H2,1,3H3;2,11H,4,6-10H2,1,3H3. The van der Waals surface area contributed by atoms with Gasteiger partial charge < -0.3 is 0 Å². The summed E-state index contributed by atoms with van der Waals surface area (Å²) in [6.07, 6.45) is 33.0. The van der Waals surface area contributed by atoms with Crippen LogP contribution in [0.25, 0.3) is 0 Å². The van der Waals surface area contributed by atoms with Crippen molar-refractivity contribution in [2.45, 2.75) is 170 Å². The van der Waals surface area contributed by atoms with E-state index in [0.29, 0.717) is 0 Å². The van der Waals surface area contributed by atoms with E-state index < -0.39 is 0 Å². The Kier molecular flexibility index (Phi) is 37.4. The van der Waals surface area contributed by atoms with Gasteiger partial charge in [-0.25, -0.2) is 0 Å². The van der Waals surface area contributed by atoms with Gasteiger partial charge in [0.05, 0.1) is 0 Å². The van der Waals surface area contributed by atoms with Gasteiger partial charge in [-0.3, -0.25) is 0 Å². The van der Waals surface area contributed by atoms with Crippen LogP contribution < -0.4 is 0 Å². The first-order chi connectivity index (χ1) is 15.9. The molecule has 0 heteroatoms. The van der Waals surface area contributed by atoms with Crippen molar-refractivity contribution in [1.29, 1.82) is 0 Å². The summed E-state index contributed by atoms with van der Waals surface area (Å²) < 4.78 is 0. The molecule has 0 aliphatic rings. The number of unbranched alkanes of at least 4 members (excludes halogenated alkanes) is 9. The van der Waals surface area contributed by atoms with Gasteiger partial charge in [-0.15, -0.1) is 18.9 Å². The highest BCUT2D eigenvalue weighted by molar-refractivity contribution is 4.85. The minimum absolute atomic E-state index is 0.733.